The van der Waals surface area contributed by atoms with Crippen molar-refractivity contribution in [3.05, 3.63) is 88.7 Å². The van der Waals surface area contributed by atoms with Gasteiger partial charge in [-0.3, -0.25) is 0 Å². The highest BCUT2D eigenvalue weighted by Crippen LogP contribution is 2.32. The van der Waals surface area contributed by atoms with E-state index in [1.54, 1.807) is 0 Å². The van der Waals surface area contributed by atoms with Gasteiger partial charge in [0.05, 0.1) is 0 Å². The zero-order valence-corrected chi connectivity index (χ0v) is 14.3. The van der Waals surface area contributed by atoms with Crippen molar-refractivity contribution in [2.45, 2.75) is 19.3 Å². The van der Waals surface area contributed by atoms with E-state index in [0.717, 1.165) is 4.60 Å². The highest BCUT2D eigenvalue weighted by Gasteiger charge is 2.22. The molecule has 3 rings (SSSR count). The van der Waals surface area contributed by atoms with Gasteiger partial charge in [0.2, 0.25) is 0 Å². The molecule has 3 aromatic rings. The van der Waals surface area contributed by atoms with Crippen LogP contribution in [0.4, 0.5) is 0 Å². The number of aromatic nitrogens is 1. The number of pyridine rings is 1. The molecule has 1 heterocycles. The van der Waals surface area contributed by atoms with E-state index in [4.69, 9.17) is 0 Å². The number of nitrogens with zero attached hydrogens (tertiary/aromatic N) is 1. The molecule has 1 nitrogen and oxygen atoms in total. The Labute approximate surface area is 140 Å². The highest BCUT2D eigenvalue weighted by atomic mass is 79.9. The predicted octanol–water partition coefficient (Wildman–Crippen LogP) is 5.84. The lowest BCUT2D eigenvalue weighted by Crippen LogP contribution is -2.18. The quantitative estimate of drug-likeness (QED) is 0.540. The van der Waals surface area contributed by atoms with Crippen LogP contribution in [0.5, 0.6) is 0 Å². The van der Waals surface area contributed by atoms with E-state index < -0.39 is 0 Å². The van der Waals surface area contributed by atoms with E-state index in [-0.39, 0.29) is 5.41 Å². The molecule has 0 aliphatic carbocycles. The summed E-state index contributed by atoms with van der Waals surface area (Å²) in [5, 5.41) is 0. The van der Waals surface area contributed by atoms with Crippen molar-refractivity contribution in [3.63, 3.8) is 0 Å². The van der Waals surface area contributed by atoms with Crippen molar-refractivity contribution < 1.29 is 0 Å². The molecular formula is C20H18BrN. The van der Waals surface area contributed by atoms with Gasteiger partial charge in [-0.15, -0.1) is 0 Å². The van der Waals surface area contributed by atoms with Gasteiger partial charge in [-0.2, -0.15) is 0 Å². The van der Waals surface area contributed by atoms with Crippen molar-refractivity contribution in [1.29, 1.82) is 0 Å². The predicted molar refractivity (Wildman–Crippen MR) is 95.9 cm³/mol. The molecule has 0 aliphatic heterocycles. The Hall–Kier alpha value is -1.93. The van der Waals surface area contributed by atoms with Gasteiger partial charge in [0.15, 0.2) is 0 Å². The summed E-state index contributed by atoms with van der Waals surface area (Å²) in [7, 11) is 0. The van der Waals surface area contributed by atoms with Crippen molar-refractivity contribution in [2.24, 2.45) is 0 Å². The third-order valence-corrected chi connectivity index (χ3v) is 4.60. The zero-order chi connectivity index (χ0) is 15.6. The fraction of sp³-hybridized carbons (Fsp3) is 0.150. The number of hydrogen-bond acceptors (Lipinski definition) is 1. The summed E-state index contributed by atoms with van der Waals surface area (Å²) < 4.78 is 0.860. The topological polar surface area (TPSA) is 12.9 Å². The van der Waals surface area contributed by atoms with Crippen LogP contribution in [0.15, 0.2) is 77.5 Å². The summed E-state index contributed by atoms with van der Waals surface area (Å²) >= 11 is 3.43. The Kier molecular flexibility index (Phi) is 4.12. The molecule has 2 heteroatoms. The first-order valence-corrected chi connectivity index (χ1v) is 8.15. The average Bonchev–Trinajstić information content (AvgIpc) is 2.56. The third-order valence-electron chi connectivity index (χ3n) is 4.16. The summed E-state index contributed by atoms with van der Waals surface area (Å²) in [6, 6.07) is 23.5. The first-order chi connectivity index (χ1) is 10.6. The Balaban J connectivity index is 1.95. The van der Waals surface area contributed by atoms with E-state index >= 15 is 0 Å². The summed E-state index contributed by atoms with van der Waals surface area (Å²) in [6.07, 6.45) is 1.82. The maximum Gasteiger partial charge on any atom is 0.106 e. The van der Waals surface area contributed by atoms with Crippen LogP contribution in [0.1, 0.15) is 25.0 Å². The van der Waals surface area contributed by atoms with Crippen molar-refractivity contribution in [3.8, 4) is 11.1 Å². The minimum Gasteiger partial charge on any atom is -0.249 e. The second-order valence-electron chi connectivity index (χ2n) is 5.94. The van der Waals surface area contributed by atoms with E-state index in [1.807, 2.05) is 18.3 Å². The van der Waals surface area contributed by atoms with Crippen LogP contribution in [-0.4, -0.2) is 4.98 Å². The van der Waals surface area contributed by atoms with Crippen LogP contribution in [0.25, 0.3) is 11.1 Å². The normalized spacial score (nSPS) is 11.4. The van der Waals surface area contributed by atoms with Gasteiger partial charge >= 0.3 is 0 Å². The summed E-state index contributed by atoms with van der Waals surface area (Å²) in [4.78, 5) is 4.18. The molecule has 1 aromatic heterocycles. The molecule has 0 saturated carbocycles. The minimum atomic E-state index is -0.00137. The molecule has 0 N–H and O–H groups in total. The number of hydrogen-bond donors (Lipinski definition) is 0. The second-order valence-corrected chi connectivity index (χ2v) is 6.75. The van der Waals surface area contributed by atoms with Crippen molar-refractivity contribution >= 4 is 15.9 Å². The van der Waals surface area contributed by atoms with Crippen LogP contribution in [0.3, 0.4) is 0 Å². The van der Waals surface area contributed by atoms with Gasteiger partial charge < -0.3 is 0 Å². The monoisotopic (exact) mass is 351 g/mol. The molecule has 2 aromatic carbocycles. The van der Waals surface area contributed by atoms with Crippen molar-refractivity contribution in [2.75, 3.05) is 0 Å². The molecule has 0 bridgehead atoms. The van der Waals surface area contributed by atoms with Crippen LogP contribution >= 0.6 is 15.9 Å². The SMILES string of the molecule is CC(C)(c1ccccc1)c1ccc(-c2ccnc(Br)c2)cc1. The molecule has 0 spiro atoms. The first kappa shape index (κ1) is 15.0. The number of benzene rings is 2. The van der Waals surface area contributed by atoms with Gasteiger partial charge in [0, 0.05) is 11.6 Å². The van der Waals surface area contributed by atoms with Gasteiger partial charge in [-0.1, -0.05) is 68.4 Å². The molecule has 0 radical (unpaired) electrons. The molecule has 0 amide bonds. The Bertz CT molecular complexity index is 761. The van der Waals surface area contributed by atoms with E-state index in [2.05, 4.69) is 89.4 Å². The first-order valence-electron chi connectivity index (χ1n) is 7.35. The number of halogens is 1. The van der Waals surface area contributed by atoms with Crippen molar-refractivity contribution in [1.82, 2.24) is 4.98 Å². The van der Waals surface area contributed by atoms with Gasteiger partial charge in [0.1, 0.15) is 4.60 Å². The highest BCUT2D eigenvalue weighted by molar-refractivity contribution is 9.10. The maximum atomic E-state index is 4.18. The number of rotatable bonds is 3. The van der Waals surface area contributed by atoms with Gasteiger partial charge in [-0.05, 0) is 50.3 Å². The summed E-state index contributed by atoms with van der Waals surface area (Å²) in [5.41, 5.74) is 5.02. The lowest BCUT2D eigenvalue weighted by atomic mass is 9.78. The van der Waals surface area contributed by atoms with Crippen LogP contribution in [-0.2, 0) is 5.41 Å². The molecular weight excluding hydrogens is 334 g/mol. The molecule has 0 atom stereocenters. The molecule has 0 fully saturated rings. The Morgan fingerprint density at radius 3 is 2.05 bits per heavy atom. The zero-order valence-electron chi connectivity index (χ0n) is 12.8. The smallest absolute Gasteiger partial charge is 0.106 e. The van der Waals surface area contributed by atoms with Crippen LogP contribution in [0.2, 0.25) is 0 Å². The lowest BCUT2D eigenvalue weighted by Gasteiger charge is -2.26. The maximum absolute atomic E-state index is 4.18. The molecule has 110 valence electrons. The van der Waals surface area contributed by atoms with E-state index in [0.29, 0.717) is 0 Å². The average molecular weight is 352 g/mol. The standard InChI is InChI=1S/C20H18BrN/c1-20(2,17-6-4-3-5-7-17)18-10-8-15(9-11-18)16-12-13-22-19(21)14-16/h3-14H,1-2H3. The fourth-order valence-electron chi connectivity index (χ4n) is 2.68. The molecule has 0 aliphatic rings. The van der Waals surface area contributed by atoms with Gasteiger partial charge in [0.25, 0.3) is 0 Å². The summed E-state index contributed by atoms with van der Waals surface area (Å²) in [5.74, 6) is 0. The van der Waals surface area contributed by atoms with E-state index in [9.17, 15) is 0 Å². The molecule has 22 heavy (non-hydrogen) atoms. The van der Waals surface area contributed by atoms with E-state index in [1.165, 1.54) is 22.3 Å². The fourth-order valence-corrected chi connectivity index (χ4v) is 3.05. The second kappa shape index (κ2) is 6.05. The molecule has 0 saturated heterocycles. The Morgan fingerprint density at radius 2 is 1.41 bits per heavy atom. The third kappa shape index (κ3) is 2.97. The largest absolute Gasteiger partial charge is 0.249 e. The van der Waals surface area contributed by atoms with Crippen LogP contribution in [0, 0.1) is 0 Å². The molecule has 0 unspecified atom stereocenters. The van der Waals surface area contributed by atoms with Crippen LogP contribution < -0.4 is 0 Å². The summed E-state index contributed by atoms with van der Waals surface area (Å²) in [6.45, 7) is 4.53. The minimum absolute atomic E-state index is 0.00137. The van der Waals surface area contributed by atoms with Gasteiger partial charge in [-0.25, -0.2) is 4.98 Å². The lowest BCUT2D eigenvalue weighted by molar-refractivity contribution is 0.641. The Morgan fingerprint density at radius 1 is 0.773 bits per heavy atom.